The quantitative estimate of drug-likeness (QED) is 0.164. The first-order valence-electron chi connectivity index (χ1n) is 19.3. The summed E-state index contributed by atoms with van der Waals surface area (Å²) in [5.74, 6) is 0.625. The Kier molecular flexibility index (Phi) is 7.78. The SMILES string of the molecule is c1ccc(-c2ccc(N(c3ccc(-c4cccc5ccc6nc(-c7ccccc7)oc6c45)cc3)c3cccc4c3c3ccccc3n4-c3ccccc3)cc2)cc1. The summed E-state index contributed by atoms with van der Waals surface area (Å²) in [4.78, 5) is 7.29. The summed E-state index contributed by atoms with van der Waals surface area (Å²) in [7, 11) is 0. The van der Waals surface area contributed by atoms with Crippen molar-refractivity contribution in [3.8, 4) is 39.4 Å². The molecule has 0 radical (unpaired) electrons. The third-order valence-corrected chi connectivity index (χ3v) is 11.0. The van der Waals surface area contributed by atoms with E-state index in [-0.39, 0.29) is 0 Å². The van der Waals surface area contributed by atoms with Crippen molar-refractivity contribution < 1.29 is 4.42 Å². The van der Waals surface area contributed by atoms with Gasteiger partial charge in [0.25, 0.3) is 0 Å². The van der Waals surface area contributed by atoms with Crippen molar-refractivity contribution >= 4 is 60.7 Å². The van der Waals surface area contributed by atoms with Gasteiger partial charge in [0.15, 0.2) is 5.58 Å². The number of fused-ring (bicyclic) bond motifs is 6. The monoisotopic (exact) mass is 729 g/mol. The predicted octanol–water partition coefficient (Wildman–Crippen LogP) is 14.5. The van der Waals surface area contributed by atoms with Crippen LogP contribution >= 0.6 is 0 Å². The second kappa shape index (κ2) is 13.6. The highest BCUT2D eigenvalue weighted by molar-refractivity contribution is 6.17. The van der Waals surface area contributed by atoms with Crippen LogP contribution in [0.3, 0.4) is 0 Å². The average molecular weight is 730 g/mol. The van der Waals surface area contributed by atoms with Gasteiger partial charge in [0, 0.05) is 38.8 Å². The summed E-state index contributed by atoms with van der Waals surface area (Å²) >= 11 is 0. The fourth-order valence-electron chi connectivity index (χ4n) is 8.39. The zero-order valence-corrected chi connectivity index (χ0v) is 31.0. The molecular formula is C53H35N3O. The molecule has 0 bridgehead atoms. The van der Waals surface area contributed by atoms with Gasteiger partial charge in [-0.15, -0.1) is 0 Å². The minimum absolute atomic E-state index is 0.625. The minimum atomic E-state index is 0.625. The van der Waals surface area contributed by atoms with Crippen molar-refractivity contribution in [2.24, 2.45) is 0 Å². The van der Waals surface area contributed by atoms with Crippen LogP contribution in [-0.2, 0) is 0 Å². The summed E-state index contributed by atoms with van der Waals surface area (Å²) < 4.78 is 8.91. The van der Waals surface area contributed by atoms with Gasteiger partial charge in [-0.2, -0.15) is 0 Å². The first-order valence-corrected chi connectivity index (χ1v) is 19.3. The van der Waals surface area contributed by atoms with Crippen molar-refractivity contribution in [3.05, 3.63) is 212 Å². The van der Waals surface area contributed by atoms with E-state index < -0.39 is 0 Å². The van der Waals surface area contributed by atoms with E-state index in [9.17, 15) is 0 Å². The summed E-state index contributed by atoms with van der Waals surface area (Å²) in [6, 6.07) is 75.2. The van der Waals surface area contributed by atoms with Crippen LogP contribution in [0.25, 0.3) is 83.1 Å². The van der Waals surface area contributed by atoms with Crippen LogP contribution in [0.1, 0.15) is 0 Å². The van der Waals surface area contributed by atoms with E-state index in [4.69, 9.17) is 9.40 Å². The van der Waals surface area contributed by atoms with Crippen molar-refractivity contribution in [2.45, 2.75) is 0 Å². The van der Waals surface area contributed by atoms with E-state index in [1.54, 1.807) is 0 Å². The van der Waals surface area contributed by atoms with Crippen LogP contribution in [-0.4, -0.2) is 9.55 Å². The molecule has 2 aromatic heterocycles. The van der Waals surface area contributed by atoms with Gasteiger partial charge >= 0.3 is 0 Å². The van der Waals surface area contributed by atoms with Crippen molar-refractivity contribution in [1.82, 2.24) is 9.55 Å². The molecule has 0 aliphatic carbocycles. The normalized spacial score (nSPS) is 11.5. The van der Waals surface area contributed by atoms with E-state index in [0.29, 0.717) is 5.89 Å². The Morgan fingerprint density at radius 2 is 1.02 bits per heavy atom. The number of rotatable bonds is 7. The lowest BCUT2D eigenvalue weighted by atomic mass is 9.97. The summed E-state index contributed by atoms with van der Waals surface area (Å²) in [6.07, 6.45) is 0. The Hall–Kier alpha value is -7.69. The highest BCUT2D eigenvalue weighted by Gasteiger charge is 2.22. The Morgan fingerprint density at radius 3 is 1.75 bits per heavy atom. The molecule has 0 aliphatic rings. The van der Waals surface area contributed by atoms with Crippen LogP contribution in [0.5, 0.6) is 0 Å². The lowest BCUT2D eigenvalue weighted by Crippen LogP contribution is -2.10. The minimum Gasteiger partial charge on any atom is -0.435 e. The number of oxazole rings is 1. The van der Waals surface area contributed by atoms with E-state index in [2.05, 4.69) is 191 Å². The first kappa shape index (κ1) is 32.7. The number of nitrogens with zero attached hydrogens (tertiary/aromatic N) is 3. The maximum atomic E-state index is 6.54. The summed E-state index contributed by atoms with van der Waals surface area (Å²) in [6.45, 7) is 0. The molecule has 11 aromatic rings. The van der Waals surface area contributed by atoms with Crippen LogP contribution in [0.2, 0.25) is 0 Å². The van der Waals surface area contributed by atoms with E-state index in [1.165, 1.54) is 27.4 Å². The lowest BCUT2D eigenvalue weighted by Gasteiger charge is -2.27. The Labute approximate surface area is 330 Å². The third-order valence-electron chi connectivity index (χ3n) is 11.0. The third kappa shape index (κ3) is 5.58. The van der Waals surface area contributed by atoms with Crippen molar-refractivity contribution in [3.63, 3.8) is 0 Å². The van der Waals surface area contributed by atoms with Gasteiger partial charge in [-0.3, -0.25) is 0 Å². The highest BCUT2D eigenvalue weighted by Crippen LogP contribution is 2.45. The van der Waals surface area contributed by atoms with Gasteiger partial charge < -0.3 is 13.9 Å². The molecule has 0 N–H and O–H groups in total. The zero-order valence-electron chi connectivity index (χ0n) is 31.0. The van der Waals surface area contributed by atoms with Gasteiger partial charge in [0.2, 0.25) is 5.89 Å². The predicted molar refractivity (Wildman–Crippen MR) is 237 cm³/mol. The fourth-order valence-corrected chi connectivity index (χ4v) is 8.39. The van der Waals surface area contributed by atoms with Crippen molar-refractivity contribution in [2.75, 3.05) is 4.90 Å². The van der Waals surface area contributed by atoms with Crippen LogP contribution < -0.4 is 4.90 Å². The fraction of sp³-hybridized carbons (Fsp3) is 0. The number of anilines is 3. The molecule has 2 heterocycles. The molecule has 9 aromatic carbocycles. The van der Waals surface area contributed by atoms with Crippen LogP contribution in [0.15, 0.2) is 217 Å². The molecule has 0 fully saturated rings. The van der Waals surface area contributed by atoms with Crippen molar-refractivity contribution in [1.29, 1.82) is 0 Å². The summed E-state index contributed by atoms with van der Waals surface area (Å²) in [5, 5.41) is 4.58. The van der Waals surface area contributed by atoms with E-state index >= 15 is 0 Å². The number of aromatic nitrogens is 2. The van der Waals surface area contributed by atoms with Crippen LogP contribution in [0.4, 0.5) is 17.1 Å². The van der Waals surface area contributed by atoms with E-state index in [0.717, 1.165) is 66.8 Å². The van der Waals surface area contributed by atoms with E-state index in [1.807, 2.05) is 30.3 Å². The average Bonchev–Trinajstić information content (AvgIpc) is 3.88. The molecule has 268 valence electrons. The number of hydrogen-bond acceptors (Lipinski definition) is 3. The standard InChI is InChI=1S/C53H35N3O/c1-4-14-36(15-5-1)37-26-31-42(32-27-37)55(48-24-13-25-49-51(48)45-21-10-11-23-47(45)56(49)41-19-8-3-9-20-41)43-33-28-38(29-34-43)44-22-12-18-39-30-35-46-52(50(39)44)57-53(54-46)40-16-6-2-7-17-40/h1-35H. The molecule has 0 spiro atoms. The number of hydrogen-bond donors (Lipinski definition) is 0. The molecule has 0 atom stereocenters. The smallest absolute Gasteiger partial charge is 0.227 e. The molecular weight excluding hydrogens is 695 g/mol. The summed E-state index contributed by atoms with van der Waals surface area (Å²) in [5.41, 5.74) is 13.9. The molecule has 11 rings (SSSR count). The Morgan fingerprint density at radius 1 is 0.421 bits per heavy atom. The maximum absolute atomic E-state index is 6.54. The molecule has 4 nitrogen and oxygen atoms in total. The Bertz CT molecular complexity index is 3200. The van der Waals surface area contributed by atoms with Gasteiger partial charge in [-0.1, -0.05) is 140 Å². The Balaban J connectivity index is 1.09. The molecule has 57 heavy (non-hydrogen) atoms. The topological polar surface area (TPSA) is 34.2 Å². The lowest BCUT2D eigenvalue weighted by molar-refractivity contribution is 0.623. The van der Waals surface area contributed by atoms with Gasteiger partial charge in [-0.05, 0) is 100 Å². The molecule has 0 unspecified atom stereocenters. The largest absolute Gasteiger partial charge is 0.435 e. The molecule has 0 amide bonds. The molecule has 4 heteroatoms. The highest BCUT2D eigenvalue weighted by atomic mass is 16.3. The second-order valence-corrected chi connectivity index (χ2v) is 14.4. The first-order chi connectivity index (χ1) is 28.3. The van der Waals surface area contributed by atoms with Crippen LogP contribution in [0, 0.1) is 0 Å². The molecule has 0 saturated carbocycles. The van der Waals surface area contributed by atoms with Gasteiger partial charge in [0.05, 0.1) is 16.7 Å². The number of benzene rings is 9. The molecule has 0 saturated heterocycles. The van der Waals surface area contributed by atoms with Gasteiger partial charge in [-0.25, -0.2) is 4.98 Å². The van der Waals surface area contributed by atoms with Gasteiger partial charge in [0.1, 0.15) is 5.52 Å². The molecule has 0 aliphatic heterocycles. The maximum Gasteiger partial charge on any atom is 0.227 e. The zero-order chi connectivity index (χ0) is 37.7. The number of para-hydroxylation sites is 2. The second-order valence-electron chi connectivity index (χ2n) is 14.4.